The van der Waals surface area contributed by atoms with Gasteiger partial charge >= 0.3 is 5.97 Å². The molecule has 0 aromatic carbocycles. The summed E-state index contributed by atoms with van der Waals surface area (Å²) >= 11 is 0. The van der Waals surface area contributed by atoms with Crippen LogP contribution in [-0.2, 0) is 14.3 Å². The summed E-state index contributed by atoms with van der Waals surface area (Å²) in [5, 5.41) is 0. The normalized spacial score (nSPS) is 53.6. The van der Waals surface area contributed by atoms with Gasteiger partial charge in [0.15, 0.2) is 6.10 Å². The second-order valence-electron chi connectivity index (χ2n) is 4.12. The Bertz CT molecular complexity index is 250. The summed E-state index contributed by atoms with van der Waals surface area (Å²) in [6, 6.07) is 0. The van der Waals surface area contributed by atoms with Gasteiger partial charge in [-0.3, -0.25) is 0 Å². The largest absolute Gasteiger partial charge is 0.467 e. The van der Waals surface area contributed by atoms with Gasteiger partial charge in [0, 0.05) is 0 Å². The second kappa shape index (κ2) is 1.84. The molecule has 3 rings (SSSR count). The molecular weight excluding hydrogens is 156 g/mol. The number of hydrogen-bond donors (Lipinski definition) is 0. The van der Waals surface area contributed by atoms with E-state index in [4.69, 9.17) is 4.74 Å². The van der Waals surface area contributed by atoms with Crippen LogP contribution in [0.1, 0.15) is 19.3 Å². The standard InChI is InChI=1S/C9H12O3/c1-11-8(10)7-9(12-7)3-2-5-4-6(5)9/h5-7H,2-4H2,1H3. The molecule has 66 valence electrons. The molecule has 4 unspecified atom stereocenters. The van der Waals surface area contributed by atoms with Crippen LogP contribution in [-0.4, -0.2) is 24.8 Å². The van der Waals surface area contributed by atoms with Crippen molar-refractivity contribution in [2.45, 2.75) is 31.0 Å². The molecule has 1 aliphatic heterocycles. The Morgan fingerprint density at radius 3 is 3.00 bits per heavy atom. The first kappa shape index (κ1) is 6.89. The third-order valence-electron chi connectivity index (χ3n) is 3.60. The minimum Gasteiger partial charge on any atom is -0.467 e. The molecule has 3 nitrogen and oxygen atoms in total. The van der Waals surface area contributed by atoms with E-state index in [0.29, 0.717) is 5.92 Å². The summed E-state index contributed by atoms with van der Waals surface area (Å²) in [6.45, 7) is 0. The van der Waals surface area contributed by atoms with Crippen LogP contribution in [0.5, 0.6) is 0 Å². The van der Waals surface area contributed by atoms with Crippen molar-refractivity contribution in [1.82, 2.24) is 0 Å². The van der Waals surface area contributed by atoms with Crippen molar-refractivity contribution in [3.8, 4) is 0 Å². The van der Waals surface area contributed by atoms with Gasteiger partial charge in [-0.05, 0) is 31.1 Å². The summed E-state index contributed by atoms with van der Waals surface area (Å²) in [7, 11) is 1.43. The fraction of sp³-hybridized carbons (Fsp3) is 0.889. The number of esters is 1. The first-order valence-corrected chi connectivity index (χ1v) is 4.53. The van der Waals surface area contributed by atoms with Gasteiger partial charge < -0.3 is 9.47 Å². The molecule has 2 aliphatic carbocycles. The van der Waals surface area contributed by atoms with Crippen molar-refractivity contribution in [3.63, 3.8) is 0 Å². The summed E-state index contributed by atoms with van der Waals surface area (Å²) < 4.78 is 10.2. The van der Waals surface area contributed by atoms with Crippen LogP contribution in [0.25, 0.3) is 0 Å². The monoisotopic (exact) mass is 168 g/mol. The van der Waals surface area contributed by atoms with Crippen LogP contribution in [0, 0.1) is 11.8 Å². The SMILES string of the molecule is COC(=O)C1OC12CCC1CC12. The zero-order valence-electron chi connectivity index (χ0n) is 7.08. The lowest BCUT2D eigenvalue weighted by Gasteiger charge is -2.03. The van der Waals surface area contributed by atoms with E-state index >= 15 is 0 Å². The lowest BCUT2D eigenvalue weighted by atomic mass is 9.99. The van der Waals surface area contributed by atoms with Crippen molar-refractivity contribution < 1.29 is 14.3 Å². The predicted molar refractivity (Wildman–Crippen MR) is 40.5 cm³/mol. The number of epoxide rings is 1. The van der Waals surface area contributed by atoms with Gasteiger partial charge in [0.1, 0.15) is 5.60 Å². The van der Waals surface area contributed by atoms with Gasteiger partial charge in [-0.1, -0.05) is 0 Å². The maximum Gasteiger partial charge on any atom is 0.338 e. The number of hydrogen-bond acceptors (Lipinski definition) is 3. The zero-order valence-corrected chi connectivity index (χ0v) is 7.08. The van der Waals surface area contributed by atoms with Gasteiger partial charge in [0.25, 0.3) is 0 Å². The molecule has 3 fully saturated rings. The topological polar surface area (TPSA) is 38.8 Å². The van der Waals surface area contributed by atoms with Crippen LogP contribution in [0.2, 0.25) is 0 Å². The highest BCUT2D eigenvalue weighted by Gasteiger charge is 2.74. The molecule has 0 aromatic rings. The number of rotatable bonds is 1. The zero-order chi connectivity index (χ0) is 8.34. The average molecular weight is 168 g/mol. The average Bonchev–Trinajstić information content (AvgIpc) is 2.90. The summed E-state index contributed by atoms with van der Waals surface area (Å²) in [6.07, 6.45) is 3.37. The molecule has 1 heterocycles. The molecule has 0 bridgehead atoms. The maximum absolute atomic E-state index is 11.2. The molecule has 0 amide bonds. The molecule has 12 heavy (non-hydrogen) atoms. The third-order valence-corrected chi connectivity index (χ3v) is 3.60. The Kier molecular flexibility index (Phi) is 1.06. The Labute approximate surface area is 71.0 Å². The van der Waals surface area contributed by atoms with Gasteiger partial charge in [-0.2, -0.15) is 0 Å². The van der Waals surface area contributed by atoms with Crippen LogP contribution in [0.3, 0.4) is 0 Å². The van der Waals surface area contributed by atoms with E-state index in [-0.39, 0.29) is 17.7 Å². The highest BCUT2D eigenvalue weighted by molar-refractivity contribution is 5.79. The number of methoxy groups -OCH3 is 1. The summed E-state index contributed by atoms with van der Waals surface area (Å²) in [4.78, 5) is 11.2. The summed E-state index contributed by atoms with van der Waals surface area (Å²) in [5.41, 5.74) is -0.0578. The van der Waals surface area contributed by atoms with Crippen molar-refractivity contribution in [2.75, 3.05) is 7.11 Å². The van der Waals surface area contributed by atoms with Gasteiger partial charge in [0.05, 0.1) is 7.11 Å². The Morgan fingerprint density at radius 1 is 1.67 bits per heavy atom. The third kappa shape index (κ3) is 0.637. The first-order valence-electron chi connectivity index (χ1n) is 4.53. The van der Waals surface area contributed by atoms with E-state index in [9.17, 15) is 4.79 Å². The maximum atomic E-state index is 11.2. The van der Waals surface area contributed by atoms with Crippen molar-refractivity contribution in [1.29, 1.82) is 0 Å². The number of ether oxygens (including phenoxy) is 2. The van der Waals surface area contributed by atoms with E-state index in [1.165, 1.54) is 20.0 Å². The van der Waals surface area contributed by atoms with Crippen molar-refractivity contribution in [3.05, 3.63) is 0 Å². The van der Waals surface area contributed by atoms with Crippen LogP contribution in [0.4, 0.5) is 0 Å². The minimum atomic E-state index is -0.222. The van der Waals surface area contributed by atoms with Crippen molar-refractivity contribution in [2.24, 2.45) is 11.8 Å². The molecule has 1 saturated heterocycles. The van der Waals surface area contributed by atoms with E-state index in [2.05, 4.69) is 4.74 Å². The minimum absolute atomic E-state index is 0.0578. The van der Waals surface area contributed by atoms with E-state index in [1.807, 2.05) is 0 Å². The Hall–Kier alpha value is -0.570. The number of fused-ring (bicyclic) bond motifs is 2. The van der Waals surface area contributed by atoms with Gasteiger partial charge in [0.2, 0.25) is 0 Å². The van der Waals surface area contributed by atoms with Crippen LogP contribution >= 0.6 is 0 Å². The fourth-order valence-corrected chi connectivity index (χ4v) is 2.77. The predicted octanol–water partition coefficient (Wildman–Crippen LogP) is 0.727. The molecule has 0 radical (unpaired) electrons. The highest BCUT2D eigenvalue weighted by Crippen LogP contribution is 2.67. The molecule has 2 saturated carbocycles. The first-order chi connectivity index (χ1) is 5.78. The molecule has 3 aliphatic rings. The van der Waals surface area contributed by atoms with Crippen molar-refractivity contribution >= 4 is 5.97 Å². The quantitative estimate of drug-likeness (QED) is 0.428. The number of carbonyl (C=O) groups is 1. The Balaban J connectivity index is 1.77. The lowest BCUT2D eigenvalue weighted by Crippen LogP contribution is -2.21. The van der Waals surface area contributed by atoms with E-state index in [0.717, 1.165) is 12.3 Å². The smallest absolute Gasteiger partial charge is 0.338 e. The lowest BCUT2D eigenvalue weighted by molar-refractivity contribution is -0.142. The van der Waals surface area contributed by atoms with E-state index < -0.39 is 0 Å². The molecule has 1 spiro atoms. The summed E-state index contributed by atoms with van der Waals surface area (Å²) in [5.74, 6) is 1.36. The Morgan fingerprint density at radius 2 is 2.50 bits per heavy atom. The molecule has 4 atom stereocenters. The fourth-order valence-electron chi connectivity index (χ4n) is 2.77. The second-order valence-corrected chi connectivity index (χ2v) is 4.12. The van der Waals surface area contributed by atoms with Gasteiger partial charge in [-0.15, -0.1) is 0 Å². The van der Waals surface area contributed by atoms with Crippen LogP contribution < -0.4 is 0 Å². The highest BCUT2D eigenvalue weighted by atomic mass is 16.7. The van der Waals surface area contributed by atoms with Crippen LogP contribution in [0.15, 0.2) is 0 Å². The van der Waals surface area contributed by atoms with Gasteiger partial charge in [-0.25, -0.2) is 4.79 Å². The van der Waals surface area contributed by atoms with E-state index in [1.54, 1.807) is 0 Å². The molecular formula is C9H12O3. The molecule has 3 heteroatoms. The molecule has 0 N–H and O–H groups in total. The molecule has 0 aromatic heterocycles. The number of carbonyl (C=O) groups excluding carboxylic acids is 1.